The number of hydrogen-bond donors (Lipinski definition) is 3. The molecule has 5 heterocycles. The molecule has 71 heavy (non-hydrogen) atoms. The monoisotopic (exact) mass is 990 g/mol. The van der Waals surface area contributed by atoms with Crippen molar-refractivity contribution in [3.63, 3.8) is 0 Å². The Bertz CT molecular complexity index is 2100. The number of nitrogens with two attached hydrogens (primary N) is 1. The van der Waals surface area contributed by atoms with E-state index in [2.05, 4.69) is 29.9 Å². The number of ketones is 2. The van der Waals surface area contributed by atoms with Gasteiger partial charge in [0.15, 0.2) is 5.78 Å². The van der Waals surface area contributed by atoms with Crippen LogP contribution in [-0.4, -0.2) is 131 Å². The molecule has 396 valence electrons. The number of methoxy groups -OCH3 is 2. The molecule has 1 aromatic heterocycles. The van der Waals surface area contributed by atoms with Gasteiger partial charge in [0.05, 0.1) is 18.4 Å². The minimum Gasteiger partial charge on any atom is -0.461 e. The number of aliphatic hydroxyl groups is 2. The van der Waals surface area contributed by atoms with E-state index in [4.69, 9.17) is 24.7 Å². The van der Waals surface area contributed by atoms with Gasteiger partial charge in [0.25, 0.3) is 11.7 Å². The predicted octanol–water partition coefficient (Wildman–Crippen LogP) is 7.05. The van der Waals surface area contributed by atoms with E-state index in [0.717, 1.165) is 43.5 Å². The molecule has 15 heteroatoms. The Morgan fingerprint density at radius 3 is 2.35 bits per heavy atom. The molecule has 0 spiro atoms. The van der Waals surface area contributed by atoms with E-state index in [9.17, 15) is 29.4 Å². The van der Waals surface area contributed by atoms with Crippen LogP contribution in [0.25, 0.3) is 0 Å². The second-order valence-electron chi connectivity index (χ2n) is 22.4. The summed E-state index contributed by atoms with van der Waals surface area (Å²) in [6, 6.07) is 0.387. The smallest absolute Gasteiger partial charge is 0.329 e. The van der Waals surface area contributed by atoms with Crippen LogP contribution in [0.15, 0.2) is 59.9 Å². The van der Waals surface area contributed by atoms with Gasteiger partial charge in [0.1, 0.15) is 30.2 Å². The fraction of sp³-hybridized carbons (Fsp3) is 0.732. The maximum Gasteiger partial charge on any atom is 0.329 e. The number of piperidine rings is 1. The number of esters is 1. The third kappa shape index (κ3) is 14.0. The highest BCUT2D eigenvalue weighted by molar-refractivity contribution is 6.39. The van der Waals surface area contributed by atoms with Crippen molar-refractivity contribution in [2.75, 3.05) is 39.3 Å². The highest BCUT2D eigenvalue weighted by Gasteiger charge is 2.54. The molecule has 4 fully saturated rings. The minimum absolute atomic E-state index is 0.0275. The number of aliphatic hydroxyl groups excluding tert-OH is 1. The molecule has 3 saturated heterocycles. The van der Waals surface area contributed by atoms with Crippen LogP contribution in [-0.2, 0) is 45.2 Å². The molecule has 5 aliphatic rings. The number of rotatable bonds is 7. The Kier molecular flexibility index (Phi) is 20.1. The van der Waals surface area contributed by atoms with E-state index < -0.39 is 65.9 Å². The zero-order chi connectivity index (χ0) is 51.7. The molecule has 6 rings (SSSR count). The SMILES string of the molecule is CO[C@@H]1C[C@H](CC2CC3CCN4C(=O)C(=O)[C@]5(O)OC(CC[C@H]5C)[C@@H](CN(C)c5ccnn5C)C/C(C)=C/C=C/C=C/[C@@H](C)C[C@@H](C)C(=O)[C@H](OC)[C@H](O)/C(C)=C/[C@@H](N)CC[C@@H]2OC(=O)[C@@H]4C3)CC[C@H]1C. The number of aryl methyl sites for hydroxylation is 1. The molecule has 0 radical (unpaired) electrons. The quantitative estimate of drug-likeness (QED) is 0.143. The van der Waals surface area contributed by atoms with Crippen LogP contribution in [0.1, 0.15) is 125 Å². The summed E-state index contributed by atoms with van der Waals surface area (Å²) in [7, 11) is 7.07. The average molecular weight is 990 g/mol. The molecular formula is C56H87N5O10. The van der Waals surface area contributed by atoms with Crippen molar-refractivity contribution in [3.05, 3.63) is 59.9 Å². The lowest BCUT2D eigenvalue weighted by Crippen LogP contribution is -2.62. The first-order chi connectivity index (χ1) is 33.7. The van der Waals surface area contributed by atoms with Gasteiger partial charge in [-0.05, 0) is 132 Å². The van der Waals surface area contributed by atoms with E-state index in [-0.39, 0.29) is 48.0 Å². The summed E-state index contributed by atoms with van der Waals surface area (Å²) in [4.78, 5) is 61.1. The normalized spacial score (nSPS) is 40.2. The number of carbonyl (C=O) groups excluding carboxylic acids is 4. The van der Waals surface area contributed by atoms with E-state index in [0.29, 0.717) is 75.3 Å². The lowest BCUT2D eigenvalue weighted by Gasteiger charge is -2.46. The largest absolute Gasteiger partial charge is 0.461 e. The number of allylic oxidation sites excluding steroid dienone is 6. The number of Topliss-reactive ketones (excluding diaryl/α,β-unsaturated/α-hetero) is 2. The summed E-state index contributed by atoms with van der Waals surface area (Å²) in [6.07, 6.45) is 18.9. The fourth-order valence-corrected chi connectivity index (χ4v) is 12.5. The predicted molar refractivity (Wildman–Crippen MR) is 274 cm³/mol. The molecule has 1 saturated carbocycles. The Hall–Kier alpha value is -3.99. The second kappa shape index (κ2) is 25.3. The summed E-state index contributed by atoms with van der Waals surface area (Å²) >= 11 is 0. The van der Waals surface area contributed by atoms with Gasteiger partial charge < -0.3 is 44.7 Å². The van der Waals surface area contributed by atoms with Gasteiger partial charge in [-0.2, -0.15) is 5.10 Å². The van der Waals surface area contributed by atoms with Gasteiger partial charge in [0.2, 0.25) is 5.79 Å². The standard InChI is InChI=1S/C56H87N5O10/c1-34-14-12-11-13-15-35(2)27-43(33-59(7)49-22-24-58-60(49)8)47-20-17-39(6)56(67,71-47)53(64)54(65)61-25-23-41-30-42(29-40-18-16-36(3)48(32-40)68-9)46(70-55(66)45(61)31-41)21-19-44(57)28-38(5)51(63)52(69-10)50(62)37(4)26-34/h11-15,22,24,28,34,36-37,39-48,51-52,63,67H,16-21,23,25-27,29-33,57H2,1-10H3/b13-11+,14-12+,35-15+,38-28+/t34-,36-,37-,39-,40+,41?,42?,43-,44+,45+,46+,47?,48-,51-,52+,56-/m1/s1. The lowest BCUT2D eigenvalue weighted by molar-refractivity contribution is -0.270. The summed E-state index contributed by atoms with van der Waals surface area (Å²) < 4.78 is 26.4. The highest BCUT2D eigenvalue weighted by atomic mass is 16.6. The number of nitrogens with zero attached hydrogens (tertiary/aromatic N) is 4. The molecule has 1 amide bonds. The summed E-state index contributed by atoms with van der Waals surface area (Å²) in [5, 5.41) is 28.3. The Morgan fingerprint density at radius 1 is 0.901 bits per heavy atom. The topological polar surface area (TPSA) is 196 Å². The Morgan fingerprint density at radius 2 is 1.65 bits per heavy atom. The van der Waals surface area contributed by atoms with Crippen LogP contribution in [0.2, 0.25) is 0 Å². The first-order valence-corrected chi connectivity index (χ1v) is 26.6. The summed E-state index contributed by atoms with van der Waals surface area (Å²) in [6.45, 7) is 12.4. The molecule has 1 aliphatic carbocycles. The van der Waals surface area contributed by atoms with E-state index in [1.807, 2.05) is 58.3 Å². The third-order valence-electron chi connectivity index (χ3n) is 16.9. The van der Waals surface area contributed by atoms with Crippen LogP contribution >= 0.6 is 0 Å². The first kappa shape index (κ1) is 56.3. The molecule has 16 atom stereocenters. The zero-order valence-electron chi connectivity index (χ0n) is 44.4. The number of amides is 1. The van der Waals surface area contributed by atoms with Crippen LogP contribution in [0, 0.1) is 47.3 Å². The third-order valence-corrected chi connectivity index (χ3v) is 16.9. The summed E-state index contributed by atoms with van der Waals surface area (Å²) in [5.41, 5.74) is 8.35. The van der Waals surface area contributed by atoms with Crippen LogP contribution < -0.4 is 10.6 Å². The van der Waals surface area contributed by atoms with Crippen LogP contribution in [0.3, 0.4) is 0 Å². The maximum absolute atomic E-state index is 14.7. The molecular weight excluding hydrogens is 903 g/mol. The van der Waals surface area contributed by atoms with Crippen LogP contribution in [0.5, 0.6) is 0 Å². The van der Waals surface area contributed by atoms with E-state index >= 15 is 0 Å². The van der Waals surface area contributed by atoms with Gasteiger partial charge in [0, 0.05) is 71.3 Å². The summed E-state index contributed by atoms with van der Waals surface area (Å²) in [5.74, 6) is -4.50. The average Bonchev–Trinajstić information content (AvgIpc) is 3.78. The van der Waals surface area contributed by atoms with Gasteiger partial charge in [-0.3, -0.25) is 19.1 Å². The van der Waals surface area contributed by atoms with E-state index in [1.165, 1.54) is 12.0 Å². The molecule has 0 aromatic carbocycles. The lowest BCUT2D eigenvalue weighted by atomic mass is 9.72. The molecule has 15 nitrogen and oxygen atoms in total. The highest BCUT2D eigenvalue weighted by Crippen LogP contribution is 2.43. The maximum atomic E-state index is 14.7. The van der Waals surface area contributed by atoms with Crippen molar-refractivity contribution >= 4 is 29.3 Å². The number of ether oxygens (including phenoxy) is 4. The number of anilines is 1. The van der Waals surface area contributed by atoms with Gasteiger partial charge in [-0.15, -0.1) is 0 Å². The first-order valence-electron chi connectivity index (χ1n) is 26.6. The number of aromatic nitrogens is 2. The van der Waals surface area contributed by atoms with Crippen molar-refractivity contribution in [2.45, 2.75) is 173 Å². The number of fused-ring (bicyclic) bond motifs is 5. The molecule has 5 bridgehead atoms. The van der Waals surface area contributed by atoms with Crippen molar-refractivity contribution in [1.82, 2.24) is 14.7 Å². The second-order valence-corrected chi connectivity index (χ2v) is 22.4. The Balaban J connectivity index is 1.33. The number of carbonyl (C=O) groups is 4. The molecule has 3 unspecified atom stereocenters. The fourth-order valence-electron chi connectivity index (χ4n) is 12.5. The van der Waals surface area contributed by atoms with Crippen molar-refractivity contribution < 1.29 is 48.3 Å². The zero-order valence-corrected chi connectivity index (χ0v) is 44.4. The van der Waals surface area contributed by atoms with Crippen LogP contribution in [0.4, 0.5) is 5.82 Å². The number of hydrogen-bond acceptors (Lipinski definition) is 13. The van der Waals surface area contributed by atoms with Gasteiger partial charge in [-0.25, -0.2) is 4.79 Å². The van der Waals surface area contributed by atoms with Gasteiger partial charge >= 0.3 is 5.97 Å². The van der Waals surface area contributed by atoms with Crippen molar-refractivity contribution in [1.29, 1.82) is 0 Å². The molecule has 4 N–H and O–H groups in total. The molecule has 1 aromatic rings. The Labute approximate surface area is 423 Å². The van der Waals surface area contributed by atoms with Crippen molar-refractivity contribution in [2.24, 2.45) is 60.1 Å². The minimum atomic E-state index is -2.40. The van der Waals surface area contributed by atoms with Gasteiger partial charge in [-0.1, -0.05) is 69.7 Å². The van der Waals surface area contributed by atoms with Crippen molar-refractivity contribution in [3.8, 4) is 0 Å². The van der Waals surface area contributed by atoms with E-state index in [1.54, 1.807) is 37.9 Å². The molecule has 4 aliphatic heterocycles.